The van der Waals surface area contributed by atoms with Crippen LogP contribution < -0.4 is 20.3 Å². The number of aliphatic hydroxyl groups is 1. The lowest BCUT2D eigenvalue weighted by Gasteiger charge is -2.29. The number of fused-ring (bicyclic) bond motifs is 1. The van der Waals surface area contributed by atoms with Gasteiger partial charge in [0.25, 0.3) is 17.7 Å². The van der Waals surface area contributed by atoms with Crippen LogP contribution in [0.5, 0.6) is 5.75 Å². The predicted octanol–water partition coefficient (Wildman–Crippen LogP) is 1.81. The lowest BCUT2D eigenvalue weighted by molar-refractivity contribution is -0.154. The van der Waals surface area contributed by atoms with E-state index in [-0.39, 0.29) is 10.6 Å². The Kier molecular flexibility index (Phi) is 7.70. The van der Waals surface area contributed by atoms with E-state index in [0.717, 1.165) is 12.1 Å². The first-order chi connectivity index (χ1) is 15.4. The maximum absolute atomic E-state index is 13.7. The molecule has 1 aliphatic heterocycles. The number of alkyl halides is 6. The van der Waals surface area contributed by atoms with E-state index in [1.54, 1.807) is 5.32 Å². The molecular formula is C19H20F7N3O5. The smallest absolute Gasteiger partial charge is 0.406 e. The minimum atomic E-state index is -4.94. The van der Waals surface area contributed by atoms with Crippen molar-refractivity contribution in [3.05, 3.63) is 24.0 Å². The van der Waals surface area contributed by atoms with Crippen LogP contribution in [0.25, 0.3) is 0 Å². The number of hydrogen-bond donors (Lipinski definition) is 3. The van der Waals surface area contributed by atoms with Crippen LogP contribution in [0.4, 0.5) is 36.4 Å². The summed E-state index contributed by atoms with van der Waals surface area (Å²) < 4.78 is 95.2. The summed E-state index contributed by atoms with van der Waals surface area (Å²) in [4.78, 5) is 37.6. The monoisotopic (exact) mass is 503 g/mol. The summed E-state index contributed by atoms with van der Waals surface area (Å²) in [5, 5.41) is 13.8. The van der Waals surface area contributed by atoms with Gasteiger partial charge in [-0.1, -0.05) is 0 Å². The van der Waals surface area contributed by atoms with Crippen molar-refractivity contribution in [1.82, 2.24) is 10.6 Å². The van der Waals surface area contributed by atoms with Crippen molar-refractivity contribution < 1.29 is 55.0 Å². The van der Waals surface area contributed by atoms with Crippen LogP contribution in [-0.4, -0.2) is 66.0 Å². The third-order valence-electron chi connectivity index (χ3n) is 4.73. The quantitative estimate of drug-likeness (QED) is 0.406. The number of nitrogens with one attached hydrogen (secondary N) is 2. The lowest BCUT2D eigenvalue weighted by atomic mass is 10.0. The topological polar surface area (TPSA) is 108 Å². The summed E-state index contributed by atoms with van der Waals surface area (Å²) in [6.45, 7) is -1.03. The Bertz CT molecular complexity index is 949. The number of ether oxygens (including phenoxy) is 1. The zero-order valence-corrected chi connectivity index (χ0v) is 17.7. The van der Waals surface area contributed by atoms with Crippen molar-refractivity contribution in [3.8, 4) is 5.75 Å². The van der Waals surface area contributed by atoms with Crippen LogP contribution in [0.1, 0.15) is 20.3 Å². The van der Waals surface area contributed by atoms with Gasteiger partial charge in [0.05, 0.1) is 12.1 Å². The van der Waals surface area contributed by atoms with Crippen molar-refractivity contribution >= 4 is 23.4 Å². The molecule has 0 radical (unpaired) electrons. The fraction of sp³-hybridized carbons (Fsp3) is 0.526. The Balaban J connectivity index is 2.28. The average Bonchev–Trinajstić information content (AvgIpc) is 2.76. The molecule has 34 heavy (non-hydrogen) atoms. The van der Waals surface area contributed by atoms with Crippen LogP contribution in [-0.2, 0) is 14.4 Å². The molecule has 1 aromatic carbocycles. The molecule has 0 aliphatic carbocycles. The second-order valence-electron chi connectivity index (χ2n) is 7.62. The van der Waals surface area contributed by atoms with Gasteiger partial charge in [0.15, 0.2) is 0 Å². The van der Waals surface area contributed by atoms with Crippen LogP contribution in [0, 0.1) is 5.82 Å². The van der Waals surface area contributed by atoms with Crippen LogP contribution in [0.15, 0.2) is 18.2 Å². The van der Waals surface area contributed by atoms with E-state index >= 15 is 0 Å². The Morgan fingerprint density at radius 2 is 1.74 bits per heavy atom. The van der Waals surface area contributed by atoms with Gasteiger partial charge in [0.2, 0.25) is 5.60 Å². The zero-order valence-electron chi connectivity index (χ0n) is 17.7. The molecule has 0 spiro atoms. The molecule has 0 fully saturated rings. The normalized spacial score (nSPS) is 20.5. The molecule has 3 N–H and O–H groups in total. The molecular weight excluding hydrogens is 483 g/mol. The number of carbonyl (C=O) groups is 3. The van der Waals surface area contributed by atoms with Gasteiger partial charge < -0.3 is 20.5 Å². The SMILES string of the molecule is C[C@H]1Oc2ccc(F)cc2N(CC(F)(F)F)C(=O)[C@H]1NC(=O)C(C)(O)C(=O)NCCC(F)(F)F. The summed E-state index contributed by atoms with van der Waals surface area (Å²) in [5.74, 6) is -5.80. The van der Waals surface area contributed by atoms with Gasteiger partial charge >= 0.3 is 12.4 Å². The second kappa shape index (κ2) is 9.64. The summed E-state index contributed by atoms with van der Waals surface area (Å²) in [7, 11) is 0. The van der Waals surface area contributed by atoms with Gasteiger partial charge in [-0.15, -0.1) is 0 Å². The summed E-state index contributed by atoms with van der Waals surface area (Å²) in [6, 6.07) is 0.586. The standard InChI is InChI=1S/C19H20F7N3O5/c1-9-13(28-16(32)17(2,33)15(31)27-6-5-18(21,22)23)14(30)29(8-19(24,25)26)11-7-10(20)3-4-12(11)34-9/h3-4,7,9,13,33H,5-6,8H2,1-2H3,(H,27,31)(H,28,32)/t9-,13+,17?/m1/s1. The van der Waals surface area contributed by atoms with Gasteiger partial charge in [-0.25, -0.2) is 4.39 Å². The third-order valence-corrected chi connectivity index (χ3v) is 4.73. The maximum atomic E-state index is 13.7. The Morgan fingerprint density at radius 1 is 1.12 bits per heavy atom. The molecule has 3 amide bonds. The largest absolute Gasteiger partial charge is 0.486 e. The molecule has 1 heterocycles. The highest BCUT2D eigenvalue weighted by molar-refractivity contribution is 6.10. The van der Waals surface area contributed by atoms with Crippen LogP contribution in [0.3, 0.4) is 0 Å². The molecule has 0 bridgehead atoms. The van der Waals surface area contributed by atoms with E-state index in [2.05, 4.69) is 0 Å². The molecule has 15 heteroatoms. The molecule has 2 rings (SSSR count). The number of halogens is 7. The minimum Gasteiger partial charge on any atom is -0.486 e. The van der Waals surface area contributed by atoms with E-state index in [9.17, 15) is 50.2 Å². The van der Waals surface area contributed by atoms with Gasteiger partial charge in [-0.3, -0.25) is 19.3 Å². The highest BCUT2D eigenvalue weighted by Crippen LogP contribution is 2.36. The minimum absolute atomic E-state index is 0.130. The summed E-state index contributed by atoms with van der Waals surface area (Å²) in [5.41, 5.74) is -3.56. The summed E-state index contributed by atoms with van der Waals surface area (Å²) >= 11 is 0. The number of hydrogen-bond acceptors (Lipinski definition) is 5. The Hall–Kier alpha value is -3.10. The van der Waals surface area contributed by atoms with Gasteiger partial charge in [0.1, 0.15) is 30.3 Å². The van der Waals surface area contributed by atoms with E-state index < -0.39 is 78.8 Å². The average molecular weight is 503 g/mol. The molecule has 0 saturated heterocycles. The third kappa shape index (κ3) is 6.71. The van der Waals surface area contributed by atoms with E-state index in [1.807, 2.05) is 5.32 Å². The number of carbonyl (C=O) groups excluding carboxylic acids is 3. The summed E-state index contributed by atoms with van der Waals surface area (Å²) in [6.07, 6.45) is -12.4. The fourth-order valence-electron chi connectivity index (χ4n) is 2.95. The number of nitrogens with zero attached hydrogens (tertiary/aromatic N) is 1. The number of rotatable bonds is 6. The first-order valence-electron chi connectivity index (χ1n) is 9.65. The first kappa shape index (κ1) is 27.1. The highest BCUT2D eigenvalue weighted by atomic mass is 19.4. The highest BCUT2D eigenvalue weighted by Gasteiger charge is 2.46. The van der Waals surface area contributed by atoms with Crippen LogP contribution >= 0.6 is 0 Å². The van der Waals surface area contributed by atoms with E-state index in [1.165, 1.54) is 6.92 Å². The molecule has 1 unspecified atom stereocenters. The first-order valence-corrected chi connectivity index (χ1v) is 9.65. The fourth-order valence-corrected chi connectivity index (χ4v) is 2.95. The van der Waals surface area contributed by atoms with Gasteiger partial charge in [-0.05, 0) is 26.0 Å². The molecule has 1 aliphatic rings. The van der Waals surface area contributed by atoms with Crippen molar-refractivity contribution in [1.29, 1.82) is 0 Å². The van der Waals surface area contributed by atoms with Crippen LogP contribution in [0.2, 0.25) is 0 Å². The van der Waals surface area contributed by atoms with Gasteiger partial charge in [0, 0.05) is 12.6 Å². The van der Waals surface area contributed by atoms with Crippen molar-refractivity contribution in [3.63, 3.8) is 0 Å². The molecule has 190 valence electrons. The number of anilines is 1. The van der Waals surface area contributed by atoms with E-state index in [4.69, 9.17) is 4.74 Å². The van der Waals surface area contributed by atoms with Crippen molar-refractivity contribution in [2.24, 2.45) is 0 Å². The van der Waals surface area contributed by atoms with E-state index in [0.29, 0.717) is 13.0 Å². The number of benzene rings is 1. The predicted molar refractivity (Wildman–Crippen MR) is 101 cm³/mol. The Morgan fingerprint density at radius 3 is 2.29 bits per heavy atom. The molecule has 3 atom stereocenters. The molecule has 0 aromatic heterocycles. The van der Waals surface area contributed by atoms with Crippen molar-refractivity contribution in [2.75, 3.05) is 18.0 Å². The van der Waals surface area contributed by atoms with Crippen molar-refractivity contribution in [2.45, 2.75) is 50.4 Å². The molecule has 0 saturated carbocycles. The zero-order chi connectivity index (χ0) is 26.1. The second-order valence-corrected chi connectivity index (χ2v) is 7.62. The maximum Gasteiger partial charge on any atom is 0.406 e. The Labute approximate surface area is 188 Å². The number of amides is 3. The molecule has 8 nitrogen and oxygen atoms in total. The van der Waals surface area contributed by atoms with Gasteiger partial charge in [-0.2, -0.15) is 26.3 Å². The lowest BCUT2D eigenvalue weighted by Crippen LogP contribution is -2.62. The molecule has 1 aromatic rings.